The normalized spacial score (nSPS) is 23.3. The van der Waals surface area contributed by atoms with E-state index in [1.165, 1.54) is 25.5 Å². The van der Waals surface area contributed by atoms with Gasteiger partial charge >= 0.3 is 0 Å². The Bertz CT molecular complexity index is 965. The van der Waals surface area contributed by atoms with Gasteiger partial charge in [-0.2, -0.15) is 4.31 Å². The van der Waals surface area contributed by atoms with Crippen LogP contribution in [0.2, 0.25) is 0 Å². The van der Waals surface area contributed by atoms with Crippen molar-refractivity contribution < 1.29 is 8.42 Å². The number of aryl methyl sites for hydroxylation is 1. The fourth-order valence-corrected chi connectivity index (χ4v) is 6.30. The van der Waals surface area contributed by atoms with E-state index in [1.54, 1.807) is 10.4 Å². The molecule has 5 heterocycles. The summed E-state index contributed by atoms with van der Waals surface area (Å²) in [6.07, 6.45) is 10.1. The van der Waals surface area contributed by atoms with Gasteiger partial charge in [-0.15, -0.1) is 10.2 Å². The van der Waals surface area contributed by atoms with Gasteiger partial charge in [0.2, 0.25) is 10.0 Å². The molecule has 0 aromatic carbocycles. The molecule has 156 valence electrons. The van der Waals surface area contributed by atoms with Crippen molar-refractivity contribution in [2.75, 3.05) is 24.5 Å². The van der Waals surface area contributed by atoms with Crippen LogP contribution in [0.5, 0.6) is 0 Å². The van der Waals surface area contributed by atoms with Crippen LogP contribution < -0.4 is 4.90 Å². The van der Waals surface area contributed by atoms with E-state index in [4.69, 9.17) is 0 Å². The van der Waals surface area contributed by atoms with Crippen LogP contribution in [0.15, 0.2) is 23.2 Å². The van der Waals surface area contributed by atoms with Gasteiger partial charge in [0.1, 0.15) is 16.5 Å². The number of aromatic nitrogens is 4. The molecule has 1 unspecified atom stereocenters. The zero-order valence-electron chi connectivity index (χ0n) is 16.7. The summed E-state index contributed by atoms with van der Waals surface area (Å²) in [5.74, 6) is 2.96. The highest BCUT2D eigenvalue weighted by Crippen LogP contribution is 2.35. The summed E-state index contributed by atoms with van der Waals surface area (Å²) < 4.78 is 29.4. The minimum Gasteiger partial charge on any atom is -0.346 e. The lowest BCUT2D eigenvalue weighted by molar-refractivity contribution is 0.477. The average molecular weight is 417 g/mol. The quantitative estimate of drug-likeness (QED) is 0.762. The SMILES string of the molecule is O=S(=O)(c1ccc(N2CCCC2c2nnc3n2CCCCC3)nc1)N1CCCC1. The smallest absolute Gasteiger partial charge is 0.244 e. The minimum absolute atomic E-state index is 0.155. The molecule has 9 heteroatoms. The van der Waals surface area contributed by atoms with Gasteiger partial charge in [-0.05, 0) is 50.7 Å². The molecular formula is C20H28N6O2S. The molecule has 0 N–H and O–H groups in total. The van der Waals surface area contributed by atoms with Crippen LogP contribution in [0.25, 0.3) is 0 Å². The maximum atomic E-state index is 12.8. The van der Waals surface area contributed by atoms with E-state index < -0.39 is 10.0 Å². The molecule has 2 fully saturated rings. The first-order chi connectivity index (χ1) is 14.1. The van der Waals surface area contributed by atoms with Crippen LogP contribution in [0, 0.1) is 0 Å². The number of anilines is 1. The molecule has 2 saturated heterocycles. The fourth-order valence-electron chi connectivity index (χ4n) is 4.84. The summed E-state index contributed by atoms with van der Waals surface area (Å²) >= 11 is 0. The van der Waals surface area contributed by atoms with E-state index in [2.05, 4.69) is 24.6 Å². The van der Waals surface area contributed by atoms with Crippen molar-refractivity contribution in [1.29, 1.82) is 0 Å². The predicted molar refractivity (Wildman–Crippen MR) is 109 cm³/mol. The molecule has 8 nitrogen and oxygen atoms in total. The molecule has 0 radical (unpaired) electrons. The van der Waals surface area contributed by atoms with Crippen LogP contribution in [0.3, 0.4) is 0 Å². The second kappa shape index (κ2) is 7.68. The topological polar surface area (TPSA) is 84.2 Å². The number of pyridine rings is 1. The highest BCUT2D eigenvalue weighted by molar-refractivity contribution is 7.89. The van der Waals surface area contributed by atoms with Crippen molar-refractivity contribution in [2.45, 2.75) is 68.8 Å². The third-order valence-corrected chi connectivity index (χ3v) is 8.29. The predicted octanol–water partition coefficient (Wildman–Crippen LogP) is 2.53. The Kier molecular flexibility index (Phi) is 5.03. The lowest BCUT2D eigenvalue weighted by atomic mass is 10.2. The molecule has 0 bridgehead atoms. The summed E-state index contributed by atoms with van der Waals surface area (Å²) in [6, 6.07) is 3.71. The third-order valence-electron chi connectivity index (χ3n) is 6.41. The Hall–Kier alpha value is -2.00. The Morgan fingerprint density at radius 3 is 2.52 bits per heavy atom. The van der Waals surface area contributed by atoms with Crippen molar-refractivity contribution in [3.8, 4) is 0 Å². The van der Waals surface area contributed by atoms with Crippen molar-refractivity contribution in [3.63, 3.8) is 0 Å². The van der Waals surface area contributed by atoms with Gasteiger partial charge in [0.05, 0.1) is 6.04 Å². The van der Waals surface area contributed by atoms with E-state index in [0.29, 0.717) is 13.1 Å². The standard InChI is InChI=1S/C20H28N6O2S/c27-29(28,24-11-4-5-12-24)16-9-10-18(21-15-16)25-14-6-7-17(25)20-23-22-19-8-2-1-3-13-26(19)20/h9-10,15,17H,1-8,11-14H2. The molecule has 0 amide bonds. The molecule has 0 spiro atoms. The van der Waals surface area contributed by atoms with Gasteiger partial charge in [-0.3, -0.25) is 0 Å². The number of hydrogen-bond donors (Lipinski definition) is 0. The molecule has 29 heavy (non-hydrogen) atoms. The van der Waals surface area contributed by atoms with Gasteiger partial charge in [-0.25, -0.2) is 13.4 Å². The molecular weight excluding hydrogens is 388 g/mol. The summed E-state index contributed by atoms with van der Waals surface area (Å²) in [7, 11) is -3.43. The molecule has 0 saturated carbocycles. The third kappa shape index (κ3) is 3.44. The van der Waals surface area contributed by atoms with E-state index in [0.717, 1.165) is 62.7 Å². The second-order valence-electron chi connectivity index (χ2n) is 8.25. The van der Waals surface area contributed by atoms with E-state index in [9.17, 15) is 8.42 Å². The van der Waals surface area contributed by atoms with Crippen molar-refractivity contribution in [2.24, 2.45) is 0 Å². The van der Waals surface area contributed by atoms with Gasteiger partial charge in [0.25, 0.3) is 0 Å². The zero-order valence-corrected chi connectivity index (χ0v) is 17.5. The zero-order chi connectivity index (χ0) is 19.8. The summed E-state index contributed by atoms with van der Waals surface area (Å²) in [5, 5.41) is 9.01. The molecule has 2 aromatic heterocycles. The Labute approximate surface area is 172 Å². The molecule has 0 aliphatic carbocycles. The first kappa shape index (κ1) is 19.0. The number of nitrogens with zero attached hydrogens (tertiary/aromatic N) is 6. The maximum Gasteiger partial charge on any atom is 0.244 e. The van der Waals surface area contributed by atoms with Gasteiger partial charge in [0, 0.05) is 38.8 Å². The van der Waals surface area contributed by atoms with Gasteiger partial charge in [-0.1, -0.05) is 6.42 Å². The van der Waals surface area contributed by atoms with E-state index in [1.807, 2.05) is 6.07 Å². The van der Waals surface area contributed by atoms with Crippen LogP contribution in [-0.2, 0) is 23.0 Å². The van der Waals surface area contributed by atoms with E-state index >= 15 is 0 Å². The first-order valence-electron chi connectivity index (χ1n) is 10.8. The number of sulfonamides is 1. The monoisotopic (exact) mass is 416 g/mol. The summed E-state index contributed by atoms with van der Waals surface area (Å²) in [4.78, 5) is 7.10. The number of fused-ring (bicyclic) bond motifs is 1. The van der Waals surface area contributed by atoms with Crippen molar-refractivity contribution in [1.82, 2.24) is 24.1 Å². The van der Waals surface area contributed by atoms with Gasteiger partial charge < -0.3 is 9.47 Å². The Morgan fingerprint density at radius 1 is 0.897 bits per heavy atom. The van der Waals surface area contributed by atoms with E-state index in [-0.39, 0.29) is 10.9 Å². The molecule has 2 aromatic rings. The van der Waals surface area contributed by atoms with Crippen molar-refractivity contribution in [3.05, 3.63) is 30.0 Å². The highest BCUT2D eigenvalue weighted by Gasteiger charge is 2.33. The van der Waals surface area contributed by atoms with Gasteiger partial charge in [0.15, 0.2) is 5.82 Å². The Morgan fingerprint density at radius 2 is 1.72 bits per heavy atom. The maximum absolute atomic E-state index is 12.8. The lowest BCUT2D eigenvalue weighted by Crippen LogP contribution is -2.29. The highest BCUT2D eigenvalue weighted by atomic mass is 32.2. The molecule has 3 aliphatic rings. The van der Waals surface area contributed by atoms with Crippen LogP contribution in [0.4, 0.5) is 5.82 Å². The lowest BCUT2D eigenvalue weighted by Gasteiger charge is -2.26. The summed E-state index contributed by atoms with van der Waals surface area (Å²) in [6.45, 7) is 3.10. The molecule has 3 aliphatic heterocycles. The minimum atomic E-state index is -3.43. The van der Waals surface area contributed by atoms with Crippen molar-refractivity contribution >= 4 is 15.8 Å². The molecule has 5 rings (SSSR count). The first-order valence-corrected chi connectivity index (χ1v) is 12.2. The number of hydrogen-bond acceptors (Lipinski definition) is 6. The average Bonchev–Trinajstić information content (AvgIpc) is 3.47. The fraction of sp³-hybridized carbons (Fsp3) is 0.650. The van der Waals surface area contributed by atoms with Crippen LogP contribution in [-0.4, -0.2) is 52.1 Å². The van der Waals surface area contributed by atoms with Crippen LogP contribution in [0.1, 0.15) is 62.6 Å². The Balaban J connectivity index is 1.40. The number of rotatable bonds is 4. The van der Waals surface area contributed by atoms with Crippen LogP contribution >= 0.6 is 0 Å². The largest absolute Gasteiger partial charge is 0.346 e. The second-order valence-corrected chi connectivity index (χ2v) is 10.2. The summed E-state index contributed by atoms with van der Waals surface area (Å²) in [5.41, 5.74) is 0. The molecule has 1 atom stereocenters.